The van der Waals surface area contributed by atoms with Gasteiger partial charge in [-0.05, 0) is 5.92 Å². The Balaban J connectivity index is 4.50. The highest BCUT2D eigenvalue weighted by atomic mass is 16.5. The van der Waals surface area contributed by atoms with E-state index in [0.717, 1.165) is 0 Å². The lowest BCUT2D eigenvalue weighted by atomic mass is 10.1. The van der Waals surface area contributed by atoms with Gasteiger partial charge in [0.15, 0.2) is 0 Å². The summed E-state index contributed by atoms with van der Waals surface area (Å²) in [6, 6.07) is 0. The molecule has 0 bridgehead atoms. The number of allylic oxidation sites excluding steroid dienone is 1. The third kappa shape index (κ3) is 5.00. The fourth-order valence-electron chi connectivity index (χ4n) is 0.736. The molecule has 0 rings (SSSR count). The van der Waals surface area contributed by atoms with Crippen LogP contribution in [-0.4, -0.2) is 19.0 Å². The van der Waals surface area contributed by atoms with Crippen LogP contribution in [0.4, 0.5) is 0 Å². The van der Waals surface area contributed by atoms with Crippen molar-refractivity contribution in [3.8, 4) is 0 Å². The minimum Gasteiger partial charge on any atom is -0.466 e. The van der Waals surface area contributed by atoms with E-state index in [2.05, 4.69) is 10.1 Å². The number of methoxy groups -OCH3 is 1. The minimum absolute atomic E-state index is 0.0861. The fourth-order valence-corrected chi connectivity index (χ4v) is 0.736. The summed E-state index contributed by atoms with van der Waals surface area (Å²) in [5.74, 6) is -0.565. The molecule has 74 valence electrons. The van der Waals surface area contributed by atoms with Crippen molar-refractivity contribution < 1.29 is 14.3 Å². The third-order valence-electron chi connectivity index (χ3n) is 1.42. The second-order valence-electron chi connectivity index (χ2n) is 2.96. The lowest BCUT2D eigenvalue weighted by molar-refractivity contribution is -0.134. The van der Waals surface area contributed by atoms with Crippen molar-refractivity contribution in [1.29, 1.82) is 0 Å². The van der Waals surface area contributed by atoms with Gasteiger partial charge < -0.3 is 10.1 Å². The first kappa shape index (κ1) is 11.7. The molecule has 0 aromatic heterocycles. The molecule has 0 aliphatic carbocycles. The first-order valence-electron chi connectivity index (χ1n) is 4.04. The molecule has 0 fully saturated rings. The third-order valence-corrected chi connectivity index (χ3v) is 1.42. The molecule has 0 aliphatic heterocycles. The van der Waals surface area contributed by atoms with Gasteiger partial charge in [0.05, 0.1) is 7.11 Å². The smallest absolute Gasteiger partial charge is 0.332 e. The summed E-state index contributed by atoms with van der Waals surface area (Å²) in [5.41, 5.74) is 0.569. The highest BCUT2D eigenvalue weighted by Gasteiger charge is 2.07. The maximum absolute atomic E-state index is 10.9. The zero-order chi connectivity index (χ0) is 10.4. The van der Waals surface area contributed by atoms with Gasteiger partial charge in [-0.2, -0.15) is 0 Å². The van der Waals surface area contributed by atoms with Gasteiger partial charge in [0.25, 0.3) is 0 Å². The predicted octanol–water partition coefficient (Wildman–Crippen LogP) is 0.835. The molecule has 4 heteroatoms. The van der Waals surface area contributed by atoms with Gasteiger partial charge in [0, 0.05) is 18.7 Å². The average Bonchev–Trinajstić information content (AvgIpc) is 2.02. The monoisotopic (exact) mass is 185 g/mol. The van der Waals surface area contributed by atoms with Crippen LogP contribution in [0.25, 0.3) is 0 Å². The molecule has 0 heterocycles. The van der Waals surface area contributed by atoms with Crippen LogP contribution in [0.2, 0.25) is 0 Å². The predicted molar refractivity (Wildman–Crippen MR) is 48.8 cm³/mol. The van der Waals surface area contributed by atoms with E-state index in [1.165, 1.54) is 20.1 Å². The van der Waals surface area contributed by atoms with Crippen LogP contribution < -0.4 is 5.32 Å². The Labute approximate surface area is 78.0 Å². The van der Waals surface area contributed by atoms with Gasteiger partial charge in [-0.25, -0.2) is 4.79 Å². The zero-order valence-corrected chi connectivity index (χ0v) is 8.38. The number of rotatable bonds is 3. The molecule has 0 aliphatic rings. The Morgan fingerprint density at radius 3 is 2.23 bits per heavy atom. The standard InChI is InChI=1S/C9H15NO3/c1-6(2)8(10-7(3)11)5-9(12)13-4/h5-6H,1-4H3,(H,10,11). The van der Waals surface area contributed by atoms with Crippen LogP contribution in [0.3, 0.4) is 0 Å². The van der Waals surface area contributed by atoms with E-state index >= 15 is 0 Å². The number of hydrogen-bond donors (Lipinski definition) is 1. The summed E-state index contributed by atoms with van der Waals surface area (Å²) >= 11 is 0. The number of ether oxygens (including phenoxy) is 1. The van der Waals surface area contributed by atoms with Gasteiger partial charge in [-0.15, -0.1) is 0 Å². The van der Waals surface area contributed by atoms with E-state index in [1.807, 2.05) is 13.8 Å². The molecule has 1 N–H and O–H groups in total. The summed E-state index contributed by atoms with van der Waals surface area (Å²) in [4.78, 5) is 21.6. The van der Waals surface area contributed by atoms with Crippen molar-refractivity contribution in [3.63, 3.8) is 0 Å². The highest BCUT2D eigenvalue weighted by Crippen LogP contribution is 2.05. The summed E-state index contributed by atoms with van der Waals surface area (Å²) in [6.07, 6.45) is 1.28. The van der Waals surface area contributed by atoms with Crippen LogP contribution in [0.5, 0.6) is 0 Å². The normalized spacial score (nSPS) is 11.3. The van der Waals surface area contributed by atoms with Gasteiger partial charge in [-0.3, -0.25) is 4.79 Å². The van der Waals surface area contributed by atoms with Crippen LogP contribution >= 0.6 is 0 Å². The SMILES string of the molecule is COC(=O)C=C(NC(C)=O)C(C)C. The fraction of sp³-hybridized carbons (Fsp3) is 0.556. The Bertz CT molecular complexity index is 231. The number of amides is 1. The molecule has 0 atom stereocenters. The topological polar surface area (TPSA) is 55.4 Å². The van der Waals surface area contributed by atoms with E-state index in [4.69, 9.17) is 0 Å². The zero-order valence-electron chi connectivity index (χ0n) is 8.38. The number of esters is 1. The lowest BCUT2D eigenvalue weighted by Gasteiger charge is -2.10. The van der Waals surface area contributed by atoms with Gasteiger partial charge >= 0.3 is 5.97 Å². The van der Waals surface area contributed by atoms with Crippen molar-refractivity contribution in [2.45, 2.75) is 20.8 Å². The van der Waals surface area contributed by atoms with Crippen LogP contribution in [-0.2, 0) is 14.3 Å². The van der Waals surface area contributed by atoms with Gasteiger partial charge in [0.1, 0.15) is 0 Å². The van der Waals surface area contributed by atoms with Crippen molar-refractivity contribution in [1.82, 2.24) is 5.32 Å². The van der Waals surface area contributed by atoms with E-state index in [9.17, 15) is 9.59 Å². The van der Waals surface area contributed by atoms with Crippen LogP contribution in [0.1, 0.15) is 20.8 Å². The maximum atomic E-state index is 10.9. The molecule has 0 saturated carbocycles. The second-order valence-corrected chi connectivity index (χ2v) is 2.96. The number of hydrogen-bond acceptors (Lipinski definition) is 3. The molecular weight excluding hydrogens is 170 g/mol. The molecule has 0 radical (unpaired) electrons. The second kappa shape index (κ2) is 5.35. The summed E-state index contributed by atoms with van der Waals surface area (Å²) in [7, 11) is 1.30. The molecule has 0 spiro atoms. The Morgan fingerprint density at radius 1 is 1.38 bits per heavy atom. The number of carbonyl (C=O) groups is 2. The molecule has 0 unspecified atom stereocenters. The molecule has 13 heavy (non-hydrogen) atoms. The van der Waals surface area contributed by atoms with Crippen molar-refractivity contribution in [3.05, 3.63) is 11.8 Å². The largest absolute Gasteiger partial charge is 0.466 e. The minimum atomic E-state index is -0.461. The van der Waals surface area contributed by atoms with Gasteiger partial charge in [-0.1, -0.05) is 13.8 Å². The summed E-state index contributed by atoms with van der Waals surface area (Å²) in [5, 5.41) is 2.57. The summed E-state index contributed by atoms with van der Waals surface area (Å²) in [6.45, 7) is 5.16. The molecule has 1 amide bonds. The van der Waals surface area contributed by atoms with E-state index in [1.54, 1.807) is 0 Å². The van der Waals surface area contributed by atoms with E-state index in [0.29, 0.717) is 5.70 Å². The van der Waals surface area contributed by atoms with Crippen molar-refractivity contribution in [2.24, 2.45) is 5.92 Å². The number of nitrogens with one attached hydrogen (secondary N) is 1. The molecule has 4 nitrogen and oxygen atoms in total. The number of carbonyl (C=O) groups excluding carboxylic acids is 2. The molecule has 0 saturated heterocycles. The Morgan fingerprint density at radius 2 is 1.92 bits per heavy atom. The van der Waals surface area contributed by atoms with Crippen LogP contribution in [0, 0.1) is 5.92 Å². The van der Waals surface area contributed by atoms with Crippen LogP contribution in [0.15, 0.2) is 11.8 Å². The molecule has 0 aromatic carbocycles. The maximum Gasteiger partial charge on any atom is 0.332 e. The molecular formula is C9H15NO3. The Kier molecular flexibility index (Phi) is 4.80. The van der Waals surface area contributed by atoms with E-state index < -0.39 is 5.97 Å². The van der Waals surface area contributed by atoms with Gasteiger partial charge in [0.2, 0.25) is 5.91 Å². The first-order chi connectivity index (χ1) is 5.97. The van der Waals surface area contributed by atoms with Crippen molar-refractivity contribution in [2.75, 3.05) is 7.11 Å². The van der Waals surface area contributed by atoms with E-state index in [-0.39, 0.29) is 11.8 Å². The first-order valence-corrected chi connectivity index (χ1v) is 4.04. The highest BCUT2D eigenvalue weighted by molar-refractivity contribution is 5.84. The average molecular weight is 185 g/mol. The lowest BCUT2D eigenvalue weighted by Crippen LogP contribution is -2.23. The quantitative estimate of drug-likeness (QED) is 0.523. The molecule has 0 aromatic rings. The van der Waals surface area contributed by atoms with Crippen molar-refractivity contribution >= 4 is 11.9 Å². The summed E-state index contributed by atoms with van der Waals surface area (Å²) < 4.78 is 4.45. The Hall–Kier alpha value is -1.32.